The Morgan fingerprint density at radius 3 is 2.60 bits per heavy atom. The van der Waals surface area contributed by atoms with Crippen molar-refractivity contribution in [3.63, 3.8) is 0 Å². The van der Waals surface area contributed by atoms with Crippen molar-refractivity contribution in [2.24, 2.45) is 0 Å². The number of rotatable bonds is 8. The summed E-state index contributed by atoms with van der Waals surface area (Å²) in [5.74, 6) is 1.04. The molecule has 0 radical (unpaired) electrons. The first-order valence-electron chi connectivity index (χ1n) is 10.3. The predicted octanol–water partition coefficient (Wildman–Crippen LogP) is 2.67. The molecule has 1 aromatic carbocycles. The fourth-order valence-corrected chi connectivity index (χ4v) is 4.53. The average Bonchev–Trinajstić information content (AvgIpc) is 3.32. The number of hydrogen-bond donors (Lipinski definition) is 1. The van der Waals surface area contributed by atoms with Crippen LogP contribution >= 0.6 is 11.3 Å². The second-order valence-electron chi connectivity index (χ2n) is 7.27. The number of carbonyl (C=O) groups excluding carboxylic acids is 2. The summed E-state index contributed by atoms with van der Waals surface area (Å²) < 4.78 is 16.5. The van der Waals surface area contributed by atoms with E-state index in [0.717, 1.165) is 13.1 Å². The van der Waals surface area contributed by atoms with Crippen molar-refractivity contribution >= 4 is 23.0 Å². The van der Waals surface area contributed by atoms with E-state index in [2.05, 4.69) is 21.7 Å². The van der Waals surface area contributed by atoms with Gasteiger partial charge in [0.05, 0.1) is 19.3 Å². The van der Waals surface area contributed by atoms with Crippen molar-refractivity contribution in [1.29, 1.82) is 0 Å². The molecule has 30 heavy (non-hydrogen) atoms. The van der Waals surface area contributed by atoms with Gasteiger partial charge in [-0.15, -0.1) is 11.3 Å². The van der Waals surface area contributed by atoms with Crippen molar-refractivity contribution in [2.75, 3.05) is 46.1 Å². The third-order valence-electron chi connectivity index (χ3n) is 5.29. The molecule has 8 heteroatoms. The van der Waals surface area contributed by atoms with Gasteiger partial charge in [0.15, 0.2) is 17.3 Å². The maximum Gasteiger partial charge on any atom is 0.220 e. The number of hydrogen-bond acceptors (Lipinski definition) is 7. The molecule has 2 aliphatic rings. The zero-order chi connectivity index (χ0) is 20.8. The van der Waals surface area contributed by atoms with Crippen LogP contribution in [0.4, 0.5) is 0 Å². The largest absolute Gasteiger partial charge is 0.486 e. The molecule has 2 aromatic rings. The van der Waals surface area contributed by atoms with Gasteiger partial charge in [-0.2, -0.15) is 0 Å². The summed E-state index contributed by atoms with van der Waals surface area (Å²) in [5, 5.41) is 5.07. The van der Waals surface area contributed by atoms with Gasteiger partial charge in [-0.25, -0.2) is 0 Å². The zero-order valence-electron chi connectivity index (χ0n) is 16.8. The van der Waals surface area contributed by atoms with E-state index in [9.17, 15) is 9.59 Å². The van der Waals surface area contributed by atoms with Crippen molar-refractivity contribution < 1.29 is 23.8 Å². The number of thiophene rings is 1. The first-order chi connectivity index (χ1) is 14.7. The minimum atomic E-state index is -0.115. The molecule has 1 unspecified atom stereocenters. The summed E-state index contributed by atoms with van der Waals surface area (Å²) >= 11 is 1.69. The minimum Gasteiger partial charge on any atom is -0.486 e. The van der Waals surface area contributed by atoms with Crippen LogP contribution in [0.1, 0.15) is 34.1 Å². The van der Waals surface area contributed by atoms with Crippen LogP contribution in [0.2, 0.25) is 0 Å². The number of Topliss-reactive ketones (excluding diaryl/α,β-unsaturated/α-hetero) is 1. The molecule has 1 atom stereocenters. The number of nitrogens with one attached hydrogen (secondary N) is 1. The fraction of sp³-hybridized carbons (Fsp3) is 0.455. The molecule has 1 fully saturated rings. The van der Waals surface area contributed by atoms with Crippen molar-refractivity contribution in [3.05, 3.63) is 46.2 Å². The van der Waals surface area contributed by atoms with Crippen molar-refractivity contribution in [2.45, 2.75) is 18.9 Å². The van der Waals surface area contributed by atoms with E-state index in [1.807, 2.05) is 6.07 Å². The highest BCUT2D eigenvalue weighted by Crippen LogP contribution is 2.31. The molecule has 0 bridgehead atoms. The van der Waals surface area contributed by atoms with Crippen molar-refractivity contribution in [1.82, 2.24) is 10.2 Å². The quantitative estimate of drug-likeness (QED) is 0.649. The molecule has 2 aliphatic heterocycles. The molecule has 1 aromatic heterocycles. The number of nitrogens with zero attached hydrogens (tertiary/aromatic N) is 1. The number of benzene rings is 1. The lowest BCUT2D eigenvalue weighted by molar-refractivity contribution is -0.121. The van der Waals surface area contributed by atoms with Gasteiger partial charge < -0.3 is 19.5 Å². The summed E-state index contributed by atoms with van der Waals surface area (Å²) in [7, 11) is 0. The van der Waals surface area contributed by atoms with Crippen LogP contribution in [-0.2, 0) is 9.53 Å². The van der Waals surface area contributed by atoms with Crippen LogP contribution in [0.3, 0.4) is 0 Å². The number of carbonyl (C=O) groups is 2. The van der Waals surface area contributed by atoms with Crippen LogP contribution in [0.25, 0.3) is 0 Å². The first kappa shape index (κ1) is 20.8. The number of fused-ring (bicyclic) bond motifs is 1. The van der Waals surface area contributed by atoms with E-state index in [1.165, 1.54) is 4.88 Å². The molecule has 7 nitrogen and oxygen atoms in total. The first-order valence-corrected chi connectivity index (χ1v) is 11.1. The van der Waals surface area contributed by atoms with E-state index in [4.69, 9.17) is 14.2 Å². The Labute approximate surface area is 179 Å². The van der Waals surface area contributed by atoms with E-state index < -0.39 is 0 Å². The molecule has 1 saturated heterocycles. The van der Waals surface area contributed by atoms with E-state index >= 15 is 0 Å². The Morgan fingerprint density at radius 1 is 1.03 bits per heavy atom. The lowest BCUT2D eigenvalue weighted by atomic mass is 10.1. The van der Waals surface area contributed by atoms with Gasteiger partial charge in [0, 0.05) is 42.9 Å². The summed E-state index contributed by atoms with van der Waals surface area (Å²) in [6, 6.07) is 9.42. The highest BCUT2D eigenvalue weighted by Gasteiger charge is 2.24. The number of ketones is 1. The molecule has 1 amide bonds. The number of amides is 1. The molecule has 0 aliphatic carbocycles. The van der Waals surface area contributed by atoms with Gasteiger partial charge in [0.25, 0.3) is 0 Å². The smallest absolute Gasteiger partial charge is 0.220 e. The average molecular weight is 431 g/mol. The molecule has 4 rings (SSSR count). The van der Waals surface area contributed by atoms with Gasteiger partial charge in [0.2, 0.25) is 5.91 Å². The second kappa shape index (κ2) is 10.1. The summed E-state index contributed by atoms with van der Waals surface area (Å²) in [6.07, 6.45) is 0.320. The molecule has 160 valence electrons. The Bertz CT molecular complexity index is 864. The summed E-state index contributed by atoms with van der Waals surface area (Å²) in [4.78, 5) is 28.5. The second-order valence-corrected chi connectivity index (χ2v) is 8.24. The molecule has 1 N–H and O–H groups in total. The van der Waals surface area contributed by atoms with Crippen LogP contribution in [0.15, 0.2) is 35.7 Å². The molecular formula is C22H26N2O5S. The number of morpholine rings is 1. The maximum atomic E-state index is 12.5. The topological polar surface area (TPSA) is 77.1 Å². The van der Waals surface area contributed by atoms with Gasteiger partial charge in [-0.05, 0) is 29.6 Å². The molecule has 0 spiro atoms. The molecule has 3 heterocycles. The van der Waals surface area contributed by atoms with Crippen LogP contribution < -0.4 is 14.8 Å². The highest BCUT2D eigenvalue weighted by atomic mass is 32.1. The Kier molecular flexibility index (Phi) is 6.99. The SMILES string of the molecule is O=C(CCC(=O)c1ccc2c(c1)OCCO2)NCC(c1cccs1)N1CCOCC1. The normalized spacial score (nSPS) is 17.3. The Morgan fingerprint density at radius 2 is 1.83 bits per heavy atom. The molecular weight excluding hydrogens is 404 g/mol. The third kappa shape index (κ3) is 5.19. The van der Waals surface area contributed by atoms with Gasteiger partial charge in [0.1, 0.15) is 13.2 Å². The van der Waals surface area contributed by atoms with E-state index in [-0.39, 0.29) is 30.6 Å². The highest BCUT2D eigenvalue weighted by molar-refractivity contribution is 7.10. The van der Waals surface area contributed by atoms with Gasteiger partial charge in [-0.3, -0.25) is 14.5 Å². The predicted molar refractivity (Wildman–Crippen MR) is 113 cm³/mol. The fourth-order valence-electron chi connectivity index (χ4n) is 3.67. The monoisotopic (exact) mass is 430 g/mol. The maximum absolute atomic E-state index is 12.5. The Balaban J connectivity index is 1.29. The summed E-state index contributed by atoms with van der Waals surface area (Å²) in [6.45, 7) is 4.62. The van der Waals surface area contributed by atoms with Gasteiger partial charge >= 0.3 is 0 Å². The van der Waals surface area contributed by atoms with Crippen molar-refractivity contribution in [3.8, 4) is 11.5 Å². The number of ether oxygens (including phenoxy) is 3. The zero-order valence-corrected chi connectivity index (χ0v) is 17.6. The lowest BCUT2D eigenvalue weighted by Gasteiger charge is -2.34. The van der Waals surface area contributed by atoms with E-state index in [0.29, 0.717) is 50.0 Å². The minimum absolute atomic E-state index is 0.0786. The standard InChI is InChI=1S/C22H26N2O5S/c25-18(16-3-5-19-20(14-16)29-12-11-28-19)4-6-22(26)23-15-17(21-2-1-13-30-21)24-7-9-27-10-8-24/h1-3,5,13-14,17H,4,6-12,15H2,(H,23,26). The Hall–Kier alpha value is -2.42. The lowest BCUT2D eigenvalue weighted by Crippen LogP contribution is -2.43. The van der Waals surface area contributed by atoms with E-state index in [1.54, 1.807) is 29.5 Å². The van der Waals surface area contributed by atoms with Gasteiger partial charge in [-0.1, -0.05) is 6.07 Å². The summed E-state index contributed by atoms with van der Waals surface area (Å²) in [5.41, 5.74) is 0.539. The molecule has 0 saturated carbocycles. The van der Waals surface area contributed by atoms with Crippen LogP contribution in [-0.4, -0.2) is 62.7 Å². The van der Waals surface area contributed by atoms with Crippen LogP contribution in [0, 0.1) is 0 Å². The third-order valence-corrected chi connectivity index (χ3v) is 6.27. The van der Waals surface area contributed by atoms with Crippen LogP contribution in [0.5, 0.6) is 11.5 Å².